The van der Waals surface area contributed by atoms with E-state index in [1.807, 2.05) is 0 Å². The zero-order valence-corrected chi connectivity index (χ0v) is 10.3. The number of carbonyl (C=O) groups excluding carboxylic acids is 1. The maximum Gasteiger partial charge on any atom is 0.406 e. The normalized spacial score (nSPS) is 9.85. The van der Waals surface area contributed by atoms with Crippen LogP contribution < -0.4 is 4.74 Å². The molecular formula is C12H9N3O5. The molecule has 0 aromatic carbocycles. The molecule has 20 heavy (non-hydrogen) atoms. The molecule has 8 nitrogen and oxygen atoms in total. The maximum absolute atomic E-state index is 11.4. The van der Waals surface area contributed by atoms with Gasteiger partial charge in [0.05, 0.1) is 18.9 Å². The second-order valence-corrected chi connectivity index (χ2v) is 3.59. The van der Waals surface area contributed by atoms with Crippen LogP contribution in [0.5, 0.6) is 11.5 Å². The summed E-state index contributed by atoms with van der Waals surface area (Å²) in [6.07, 6.45) is 3.91. The molecule has 0 radical (unpaired) electrons. The molecule has 0 spiro atoms. The first-order valence-corrected chi connectivity index (χ1v) is 5.42. The van der Waals surface area contributed by atoms with Crippen LogP contribution in [0.25, 0.3) is 0 Å². The predicted molar refractivity (Wildman–Crippen MR) is 66.5 cm³/mol. The Hall–Kier alpha value is -3.03. The van der Waals surface area contributed by atoms with Crippen molar-refractivity contribution in [1.29, 1.82) is 0 Å². The molecular weight excluding hydrogens is 266 g/mol. The van der Waals surface area contributed by atoms with Gasteiger partial charge in [0, 0.05) is 6.20 Å². The van der Waals surface area contributed by atoms with Crippen LogP contribution in [0.15, 0.2) is 36.8 Å². The first-order valence-electron chi connectivity index (χ1n) is 5.42. The quantitative estimate of drug-likeness (QED) is 0.477. The average molecular weight is 275 g/mol. The van der Waals surface area contributed by atoms with Gasteiger partial charge < -0.3 is 19.6 Å². The molecule has 2 heterocycles. The molecule has 0 saturated carbocycles. The summed E-state index contributed by atoms with van der Waals surface area (Å²) in [7, 11) is 1.24. The Balaban J connectivity index is 2.31. The van der Waals surface area contributed by atoms with Gasteiger partial charge in [-0.2, -0.15) is 0 Å². The molecule has 0 unspecified atom stereocenters. The number of hydrogen-bond donors (Lipinski definition) is 0. The first kappa shape index (κ1) is 13.4. The van der Waals surface area contributed by atoms with Crippen LogP contribution >= 0.6 is 0 Å². The van der Waals surface area contributed by atoms with Crippen LogP contribution in [0.4, 0.5) is 5.82 Å². The summed E-state index contributed by atoms with van der Waals surface area (Å²) in [5, 5.41) is 10.8. The Kier molecular flexibility index (Phi) is 3.85. The van der Waals surface area contributed by atoms with E-state index in [1.165, 1.54) is 43.9 Å². The average Bonchev–Trinajstić information content (AvgIpc) is 2.47. The standard InChI is InChI=1S/C12H9N3O5/c1-19-12(16)8-5-9(7-13-6-8)20-10-3-2-4-14-11(10)15(17)18/h2-7H,1H3. The summed E-state index contributed by atoms with van der Waals surface area (Å²) in [4.78, 5) is 28.9. The van der Waals surface area contributed by atoms with Crippen LogP contribution in [0.3, 0.4) is 0 Å². The number of nitrogens with zero attached hydrogens (tertiary/aromatic N) is 3. The smallest absolute Gasteiger partial charge is 0.406 e. The van der Waals surface area contributed by atoms with Crippen molar-refractivity contribution in [3.8, 4) is 11.5 Å². The molecule has 0 fully saturated rings. The van der Waals surface area contributed by atoms with Crippen molar-refractivity contribution < 1.29 is 19.2 Å². The van der Waals surface area contributed by atoms with E-state index in [0.717, 1.165) is 0 Å². The highest BCUT2D eigenvalue weighted by Gasteiger charge is 2.17. The minimum atomic E-state index is -0.660. The molecule has 0 amide bonds. The molecule has 0 bridgehead atoms. The highest BCUT2D eigenvalue weighted by molar-refractivity contribution is 5.89. The summed E-state index contributed by atoms with van der Waals surface area (Å²) in [6, 6.07) is 4.27. The Morgan fingerprint density at radius 2 is 2.20 bits per heavy atom. The van der Waals surface area contributed by atoms with Crippen LogP contribution in [0.2, 0.25) is 0 Å². The molecule has 0 atom stereocenters. The summed E-state index contributed by atoms with van der Waals surface area (Å²) in [6.45, 7) is 0. The molecule has 0 aliphatic carbocycles. The van der Waals surface area contributed by atoms with Gasteiger partial charge in [-0.05, 0) is 28.1 Å². The molecule has 102 valence electrons. The molecule has 8 heteroatoms. The zero-order chi connectivity index (χ0) is 14.5. The van der Waals surface area contributed by atoms with E-state index in [4.69, 9.17) is 4.74 Å². The van der Waals surface area contributed by atoms with E-state index < -0.39 is 16.7 Å². The second kappa shape index (κ2) is 5.74. The second-order valence-electron chi connectivity index (χ2n) is 3.59. The number of esters is 1. The van der Waals surface area contributed by atoms with Gasteiger partial charge in [0.25, 0.3) is 0 Å². The molecule has 0 N–H and O–H groups in total. The third-order valence-electron chi connectivity index (χ3n) is 2.29. The number of nitro groups is 1. The number of methoxy groups -OCH3 is 1. The lowest BCUT2D eigenvalue weighted by Gasteiger charge is -2.06. The van der Waals surface area contributed by atoms with E-state index in [1.54, 1.807) is 0 Å². The van der Waals surface area contributed by atoms with Gasteiger partial charge >= 0.3 is 11.8 Å². The Bertz CT molecular complexity index is 659. The van der Waals surface area contributed by atoms with Gasteiger partial charge in [0.2, 0.25) is 5.75 Å². The van der Waals surface area contributed by atoms with Gasteiger partial charge in [-0.25, -0.2) is 4.79 Å². The SMILES string of the molecule is COC(=O)c1cncc(Oc2cccnc2[N+](=O)[O-])c1. The summed E-state index contributed by atoms with van der Waals surface area (Å²) in [5.41, 5.74) is 0.177. The van der Waals surface area contributed by atoms with Crippen molar-refractivity contribution in [3.63, 3.8) is 0 Å². The van der Waals surface area contributed by atoms with E-state index >= 15 is 0 Å². The Labute approximate surface area is 113 Å². The number of carbonyl (C=O) groups is 1. The molecule has 2 aromatic heterocycles. The minimum Gasteiger partial charge on any atom is -0.465 e. The van der Waals surface area contributed by atoms with E-state index in [0.29, 0.717) is 0 Å². The van der Waals surface area contributed by atoms with Gasteiger partial charge in [-0.15, -0.1) is 0 Å². The lowest BCUT2D eigenvalue weighted by atomic mass is 10.3. The van der Waals surface area contributed by atoms with Gasteiger partial charge in [-0.3, -0.25) is 4.98 Å². The van der Waals surface area contributed by atoms with Gasteiger partial charge in [-0.1, -0.05) is 0 Å². The van der Waals surface area contributed by atoms with Crippen molar-refractivity contribution in [2.45, 2.75) is 0 Å². The predicted octanol–water partition coefficient (Wildman–Crippen LogP) is 1.96. The van der Waals surface area contributed by atoms with Gasteiger partial charge in [0.1, 0.15) is 11.9 Å². The van der Waals surface area contributed by atoms with Crippen molar-refractivity contribution in [3.05, 3.63) is 52.5 Å². The summed E-state index contributed by atoms with van der Waals surface area (Å²) < 4.78 is 9.88. The molecule has 2 rings (SSSR count). The molecule has 0 aliphatic rings. The topological polar surface area (TPSA) is 104 Å². The Morgan fingerprint density at radius 1 is 1.40 bits per heavy atom. The largest absolute Gasteiger partial charge is 0.465 e. The monoisotopic (exact) mass is 275 g/mol. The highest BCUT2D eigenvalue weighted by atomic mass is 16.6. The minimum absolute atomic E-state index is 0.0404. The molecule has 0 aliphatic heterocycles. The number of hydrogen-bond acceptors (Lipinski definition) is 7. The van der Waals surface area contributed by atoms with Crippen LogP contribution in [0, 0.1) is 10.1 Å². The van der Waals surface area contributed by atoms with Crippen molar-refractivity contribution in [1.82, 2.24) is 9.97 Å². The Morgan fingerprint density at radius 3 is 2.90 bits per heavy atom. The van der Waals surface area contributed by atoms with Gasteiger partial charge in [0.15, 0.2) is 0 Å². The van der Waals surface area contributed by atoms with Crippen molar-refractivity contribution >= 4 is 11.8 Å². The van der Waals surface area contributed by atoms with Crippen molar-refractivity contribution in [2.75, 3.05) is 7.11 Å². The van der Waals surface area contributed by atoms with Crippen molar-refractivity contribution in [2.24, 2.45) is 0 Å². The van der Waals surface area contributed by atoms with E-state index in [-0.39, 0.29) is 17.1 Å². The number of pyridine rings is 2. The zero-order valence-electron chi connectivity index (χ0n) is 10.3. The maximum atomic E-state index is 11.4. The lowest BCUT2D eigenvalue weighted by Crippen LogP contribution is -2.02. The lowest BCUT2D eigenvalue weighted by molar-refractivity contribution is -0.390. The van der Waals surface area contributed by atoms with E-state index in [9.17, 15) is 14.9 Å². The third kappa shape index (κ3) is 2.86. The first-order chi connectivity index (χ1) is 9.61. The molecule has 2 aromatic rings. The summed E-state index contributed by atoms with van der Waals surface area (Å²) in [5.74, 6) is -0.870. The van der Waals surface area contributed by atoms with Crippen LogP contribution in [0.1, 0.15) is 10.4 Å². The number of ether oxygens (including phenoxy) is 2. The highest BCUT2D eigenvalue weighted by Crippen LogP contribution is 2.28. The third-order valence-corrected chi connectivity index (χ3v) is 2.29. The van der Waals surface area contributed by atoms with Crippen LogP contribution in [-0.2, 0) is 4.74 Å². The van der Waals surface area contributed by atoms with Crippen LogP contribution in [-0.4, -0.2) is 28.0 Å². The summed E-state index contributed by atoms with van der Waals surface area (Å²) >= 11 is 0. The fourth-order valence-electron chi connectivity index (χ4n) is 1.43. The number of rotatable bonds is 4. The number of aromatic nitrogens is 2. The van der Waals surface area contributed by atoms with E-state index in [2.05, 4.69) is 14.7 Å². The molecule has 0 saturated heterocycles. The fraction of sp³-hybridized carbons (Fsp3) is 0.0833. The fourth-order valence-corrected chi connectivity index (χ4v) is 1.43.